The Labute approximate surface area is 118 Å². The van der Waals surface area contributed by atoms with Crippen molar-refractivity contribution in [2.24, 2.45) is 11.8 Å². The van der Waals surface area contributed by atoms with E-state index >= 15 is 0 Å². The predicted octanol–water partition coefficient (Wildman–Crippen LogP) is 0.614. The minimum atomic E-state index is -1.01. The molecule has 1 unspecified atom stereocenters. The van der Waals surface area contributed by atoms with Crippen LogP contribution in [0, 0.1) is 11.8 Å². The number of amides is 2. The van der Waals surface area contributed by atoms with Gasteiger partial charge in [-0.05, 0) is 32.1 Å². The highest BCUT2D eigenvalue weighted by molar-refractivity contribution is 5.86. The number of piperidine rings is 1. The maximum atomic E-state index is 12.1. The minimum Gasteiger partial charge on any atom is -0.480 e. The topological polar surface area (TPSA) is 86.7 Å². The van der Waals surface area contributed by atoms with Gasteiger partial charge in [-0.15, -0.1) is 0 Å². The number of likely N-dealkylation sites (tertiary alicyclic amines) is 1. The van der Waals surface area contributed by atoms with Gasteiger partial charge in [-0.3, -0.25) is 9.59 Å². The second-order valence-corrected chi connectivity index (χ2v) is 5.71. The van der Waals surface area contributed by atoms with Crippen molar-refractivity contribution >= 4 is 17.8 Å². The van der Waals surface area contributed by atoms with Crippen LogP contribution in [0.1, 0.15) is 39.0 Å². The summed E-state index contributed by atoms with van der Waals surface area (Å²) in [6.07, 6.45) is 3.81. The van der Waals surface area contributed by atoms with E-state index in [0.29, 0.717) is 13.0 Å². The lowest BCUT2D eigenvalue weighted by Crippen LogP contribution is -2.49. The van der Waals surface area contributed by atoms with Crippen molar-refractivity contribution in [1.82, 2.24) is 10.2 Å². The highest BCUT2D eigenvalue weighted by Crippen LogP contribution is 2.32. The maximum absolute atomic E-state index is 12.1. The molecule has 2 atom stereocenters. The van der Waals surface area contributed by atoms with Crippen LogP contribution >= 0.6 is 0 Å². The number of aliphatic carboxylic acids is 1. The molecule has 0 aromatic rings. The Morgan fingerprint density at radius 3 is 2.50 bits per heavy atom. The van der Waals surface area contributed by atoms with Gasteiger partial charge in [-0.2, -0.15) is 0 Å². The molecule has 2 aliphatic rings. The summed E-state index contributed by atoms with van der Waals surface area (Å²) in [7, 11) is 0. The molecular formula is C14H22N2O4. The maximum Gasteiger partial charge on any atom is 0.326 e. The Morgan fingerprint density at radius 1 is 1.25 bits per heavy atom. The molecule has 1 aliphatic heterocycles. The van der Waals surface area contributed by atoms with Crippen molar-refractivity contribution in [2.75, 3.05) is 13.1 Å². The fourth-order valence-corrected chi connectivity index (χ4v) is 2.61. The van der Waals surface area contributed by atoms with Gasteiger partial charge < -0.3 is 15.3 Å². The van der Waals surface area contributed by atoms with Crippen LogP contribution in [0.15, 0.2) is 0 Å². The highest BCUT2D eigenvalue weighted by Gasteiger charge is 2.37. The largest absolute Gasteiger partial charge is 0.480 e. The molecular weight excluding hydrogens is 260 g/mol. The molecule has 1 heterocycles. The van der Waals surface area contributed by atoms with E-state index in [1.807, 2.05) is 0 Å². The Balaban J connectivity index is 1.89. The van der Waals surface area contributed by atoms with Gasteiger partial charge >= 0.3 is 5.97 Å². The summed E-state index contributed by atoms with van der Waals surface area (Å²) in [6, 6.07) is -0.836. The lowest BCUT2D eigenvalue weighted by molar-refractivity contribution is -0.144. The molecule has 112 valence electrons. The molecule has 6 nitrogen and oxygen atoms in total. The van der Waals surface area contributed by atoms with Crippen molar-refractivity contribution < 1.29 is 19.5 Å². The number of carbonyl (C=O) groups excluding carboxylic acids is 2. The van der Waals surface area contributed by atoms with Gasteiger partial charge in [0.2, 0.25) is 11.8 Å². The van der Waals surface area contributed by atoms with E-state index in [1.54, 1.807) is 11.8 Å². The van der Waals surface area contributed by atoms with Crippen LogP contribution in [-0.2, 0) is 14.4 Å². The number of hydrogen-bond acceptors (Lipinski definition) is 3. The van der Waals surface area contributed by atoms with Crippen LogP contribution in [0.2, 0.25) is 0 Å². The van der Waals surface area contributed by atoms with Gasteiger partial charge in [0, 0.05) is 19.0 Å². The molecule has 0 aromatic carbocycles. The molecule has 0 radical (unpaired) electrons. The summed E-state index contributed by atoms with van der Waals surface area (Å²) in [6.45, 7) is 2.87. The van der Waals surface area contributed by atoms with Gasteiger partial charge in [0.15, 0.2) is 0 Å². The van der Waals surface area contributed by atoms with Crippen LogP contribution < -0.4 is 5.32 Å². The summed E-state index contributed by atoms with van der Waals surface area (Å²) in [5.74, 6) is -1.21. The van der Waals surface area contributed by atoms with E-state index in [4.69, 9.17) is 5.11 Å². The number of nitrogens with one attached hydrogen (secondary N) is 1. The Morgan fingerprint density at radius 2 is 1.95 bits per heavy atom. The first-order valence-corrected chi connectivity index (χ1v) is 7.35. The number of nitrogens with zero attached hydrogens (tertiary/aromatic N) is 1. The van der Waals surface area contributed by atoms with E-state index in [0.717, 1.165) is 32.2 Å². The first-order valence-electron chi connectivity index (χ1n) is 7.35. The summed E-state index contributed by atoms with van der Waals surface area (Å²) in [5.41, 5.74) is 0. The van der Waals surface area contributed by atoms with E-state index in [1.165, 1.54) is 0 Å². The standard InChI is InChI=1S/C14H22N2O4/c1-2-11(14(19)20)15-12(17)10-4-3-7-16(8-10)13(18)9-5-6-9/h9-11H,2-8H2,1H3,(H,15,17)(H,19,20)/t10?,11-/m1/s1. The number of hydrogen-bond donors (Lipinski definition) is 2. The van der Waals surface area contributed by atoms with Crippen LogP contribution in [0.5, 0.6) is 0 Å². The lowest BCUT2D eigenvalue weighted by Gasteiger charge is -2.32. The molecule has 1 saturated heterocycles. The Bertz CT molecular complexity index is 406. The molecule has 1 saturated carbocycles. The van der Waals surface area contributed by atoms with Crippen molar-refractivity contribution in [3.05, 3.63) is 0 Å². The molecule has 0 aromatic heterocycles. The van der Waals surface area contributed by atoms with E-state index in [2.05, 4.69) is 5.32 Å². The molecule has 0 spiro atoms. The van der Waals surface area contributed by atoms with Gasteiger partial charge in [0.05, 0.1) is 5.92 Å². The van der Waals surface area contributed by atoms with E-state index in [9.17, 15) is 14.4 Å². The van der Waals surface area contributed by atoms with E-state index < -0.39 is 12.0 Å². The molecule has 2 amide bonds. The number of carbonyl (C=O) groups is 3. The second kappa shape index (κ2) is 6.24. The van der Waals surface area contributed by atoms with Crippen LogP contribution in [0.3, 0.4) is 0 Å². The van der Waals surface area contributed by atoms with E-state index in [-0.39, 0.29) is 23.7 Å². The van der Waals surface area contributed by atoms with Crippen molar-refractivity contribution in [3.63, 3.8) is 0 Å². The average molecular weight is 282 g/mol. The van der Waals surface area contributed by atoms with Gasteiger partial charge in [0.1, 0.15) is 6.04 Å². The number of carboxylic acids is 1. The van der Waals surface area contributed by atoms with Crippen molar-refractivity contribution in [1.29, 1.82) is 0 Å². The van der Waals surface area contributed by atoms with Gasteiger partial charge in [-0.1, -0.05) is 6.92 Å². The predicted molar refractivity (Wildman–Crippen MR) is 71.9 cm³/mol. The second-order valence-electron chi connectivity index (χ2n) is 5.71. The third-order valence-corrected chi connectivity index (χ3v) is 4.05. The normalized spacial score (nSPS) is 24.1. The molecule has 2 fully saturated rings. The summed E-state index contributed by atoms with van der Waals surface area (Å²) in [5, 5.41) is 11.5. The molecule has 1 aliphatic carbocycles. The molecule has 2 N–H and O–H groups in total. The zero-order valence-electron chi connectivity index (χ0n) is 11.8. The number of carboxylic acid groups (broad SMARTS) is 1. The highest BCUT2D eigenvalue weighted by atomic mass is 16.4. The fourth-order valence-electron chi connectivity index (χ4n) is 2.61. The van der Waals surface area contributed by atoms with Crippen molar-refractivity contribution in [2.45, 2.75) is 45.1 Å². The fraction of sp³-hybridized carbons (Fsp3) is 0.786. The van der Waals surface area contributed by atoms with Gasteiger partial charge in [0.25, 0.3) is 0 Å². The van der Waals surface area contributed by atoms with Crippen LogP contribution in [0.4, 0.5) is 0 Å². The summed E-state index contributed by atoms with van der Waals surface area (Å²) < 4.78 is 0. The van der Waals surface area contributed by atoms with Crippen LogP contribution in [0.25, 0.3) is 0 Å². The minimum absolute atomic E-state index is 0.160. The first kappa shape index (κ1) is 14.8. The average Bonchev–Trinajstić information content (AvgIpc) is 3.28. The molecule has 6 heteroatoms. The van der Waals surface area contributed by atoms with Crippen LogP contribution in [-0.4, -0.2) is 46.9 Å². The first-order chi connectivity index (χ1) is 9.52. The SMILES string of the molecule is CC[C@@H](NC(=O)C1CCCN(C(=O)C2CC2)C1)C(=O)O. The molecule has 20 heavy (non-hydrogen) atoms. The number of rotatable bonds is 5. The van der Waals surface area contributed by atoms with Crippen molar-refractivity contribution in [3.8, 4) is 0 Å². The smallest absolute Gasteiger partial charge is 0.326 e. The quantitative estimate of drug-likeness (QED) is 0.773. The summed E-state index contributed by atoms with van der Waals surface area (Å²) >= 11 is 0. The third-order valence-electron chi connectivity index (χ3n) is 4.05. The van der Waals surface area contributed by atoms with Gasteiger partial charge in [-0.25, -0.2) is 4.79 Å². The zero-order chi connectivity index (χ0) is 14.7. The molecule has 0 bridgehead atoms. The Hall–Kier alpha value is -1.59. The Kier molecular flexibility index (Phi) is 4.62. The molecule has 2 rings (SSSR count). The monoisotopic (exact) mass is 282 g/mol. The zero-order valence-corrected chi connectivity index (χ0v) is 11.8. The third kappa shape index (κ3) is 3.49. The summed E-state index contributed by atoms with van der Waals surface area (Å²) in [4.78, 5) is 36.8. The lowest BCUT2D eigenvalue weighted by atomic mass is 9.96.